The molecular formula is C14H9F4NO2. The Hall–Kier alpha value is -2.57. The lowest BCUT2D eigenvalue weighted by Gasteiger charge is -2.13. The van der Waals surface area contributed by atoms with Crippen molar-refractivity contribution in [1.29, 1.82) is 0 Å². The first-order valence-corrected chi connectivity index (χ1v) is 5.74. The van der Waals surface area contributed by atoms with Gasteiger partial charge in [0.15, 0.2) is 0 Å². The van der Waals surface area contributed by atoms with E-state index in [-0.39, 0.29) is 5.69 Å². The minimum absolute atomic E-state index is 0.0119. The van der Waals surface area contributed by atoms with E-state index in [0.29, 0.717) is 11.8 Å². The van der Waals surface area contributed by atoms with E-state index >= 15 is 0 Å². The zero-order valence-electron chi connectivity index (χ0n) is 10.4. The lowest BCUT2D eigenvalue weighted by atomic mass is 10.1. The highest BCUT2D eigenvalue weighted by Gasteiger charge is 2.31. The molecule has 2 N–H and O–H groups in total. The summed E-state index contributed by atoms with van der Waals surface area (Å²) in [6, 6.07) is 7.33. The highest BCUT2D eigenvalue weighted by atomic mass is 19.4. The largest absolute Gasteiger partial charge is 0.478 e. The molecule has 2 aromatic rings. The van der Waals surface area contributed by atoms with Gasteiger partial charge >= 0.3 is 12.1 Å². The molecule has 0 fully saturated rings. The maximum absolute atomic E-state index is 12.8. The predicted molar refractivity (Wildman–Crippen MR) is 68.1 cm³/mol. The van der Waals surface area contributed by atoms with E-state index in [1.165, 1.54) is 12.1 Å². The van der Waals surface area contributed by atoms with Crippen molar-refractivity contribution in [3.63, 3.8) is 0 Å². The Morgan fingerprint density at radius 2 is 1.67 bits per heavy atom. The zero-order chi connectivity index (χ0) is 15.6. The lowest BCUT2D eigenvalue weighted by molar-refractivity contribution is -0.137. The molecule has 0 aliphatic heterocycles. The van der Waals surface area contributed by atoms with E-state index < -0.39 is 29.1 Å². The Balaban J connectivity index is 2.39. The van der Waals surface area contributed by atoms with E-state index in [1.807, 2.05) is 0 Å². The molecular weight excluding hydrogens is 290 g/mol. The Morgan fingerprint density at radius 3 is 2.19 bits per heavy atom. The number of alkyl halides is 3. The number of benzene rings is 2. The van der Waals surface area contributed by atoms with Gasteiger partial charge in [-0.25, -0.2) is 9.18 Å². The summed E-state index contributed by atoms with van der Waals surface area (Å²) in [7, 11) is 0. The smallest absolute Gasteiger partial charge is 0.416 e. The van der Waals surface area contributed by atoms with E-state index in [2.05, 4.69) is 5.32 Å². The van der Waals surface area contributed by atoms with Gasteiger partial charge in [0.05, 0.1) is 16.8 Å². The Kier molecular flexibility index (Phi) is 3.84. The monoisotopic (exact) mass is 299 g/mol. The van der Waals surface area contributed by atoms with Gasteiger partial charge in [-0.05, 0) is 42.5 Å². The lowest BCUT2D eigenvalue weighted by Crippen LogP contribution is -2.09. The van der Waals surface area contributed by atoms with Crippen molar-refractivity contribution in [2.45, 2.75) is 6.18 Å². The minimum atomic E-state index is -4.63. The molecule has 110 valence electrons. The molecule has 2 aromatic carbocycles. The van der Waals surface area contributed by atoms with Crippen LogP contribution in [0.15, 0.2) is 42.5 Å². The van der Waals surface area contributed by atoms with E-state index in [0.717, 1.165) is 24.3 Å². The van der Waals surface area contributed by atoms with Gasteiger partial charge in [-0.15, -0.1) is 0 Å². The number of hydrogen-bond acceptors (Lipinski definition) is 2. The van der Waals surface area contributed by atoms with E-state index in [1.54, 1.807) is 0 Å². The van der Waals surface area contributed by atoms with E-state index in [4.69, 9.17) is 5.11 Å². The van der Waals surface area contributed by atoms with Crippen molar-refractivity contribution >= 4 is 17.3 Å². The molecule has 0 aliphatic rings. The SMILES string of the molecule is O=C(O)c1cc(C(F)(F)F)ccc1Nc1ccc(F)cc1. The topological polar surface area (TPSA) is 49.3 Å². The van der Waals surface area contributed by atoms with Crippen LogP contribution in [0, 0.1) is 5.82 Å². The van der Waals surface area contributed by atoms with Crippen LogP contribution >= 0.6 is 0 Å². The number of nitrogens with one attached hydrogen (secondary N) is 1. The summed E-state index contributed by atoms with van der Waals surface area (Å²) in [6.07, 6.45) is -4.63. The van der Waals surface area contributed by atoms with Crippen molar-refractivity contribution in [2.24, 2.45) is 0 Å². The summed E-state index contributed by atoms with van der Waals surface area (Å²) in [5, 5.41) is 11.7. The third kappa shape index (κ3) is 3.50. The summed E-state index contributed by atoms with van der Waals surface area (Å²) in [6.45, 7) is 0. The van der Waals surface area contributed by atoms with Crippen molar-refractivity contribution < 1.29 is 27.5 Å². The number of aromatic carboxylic acids is 1. The molecule has 0 atom stereocenters. The zero-order valence-corrected chi connectivity index (χ0v) is 10.4. The van der Waals surface area contributed by atoms with Crippen LogP contribution < -0.4 is 5.32 Å². The quantitative estimate of drug-likeness (QED) is 0.831. The van der Waals surface area contributed by atoms with Crippen LogP contribution in [-0.2, 0) is 6.18 Å². The van der Waals surface area contributed by atoms with Crippen LogP contribution in [0.2, 0.25) is 0 Å². The molecule has 0 aliphatic carbocycles. The van der Waals surface area contributed by atoms with Gasteiger partial charge in [0.1, 0.15) is 5.82 Å². The average molecular weight is 299 g/mol. The molecule has 0 amide bonds. The van der Waals surface area contributed by atoms with Crippen LogP contribution in [0.4, 0.5) is 28.9 Å². The third-order valence-corrected chi connectivity index (χ3v) is 2.70. The standard InChI is InChI=1S/C14H9F4NO2/c15-9-2-4-10(5-3-9)19-12-6-1-8(14(16,17)18)7-11(12)13(20)21/h1-7,19H,(H,20,21). The van der Waals surface area contributed by atoms with Crippen molar-refractivity contribution in [3.05, 3.63) is 59.4 Å². The van der Waals surface area contributed by atoms with Gasteiger partial charge in [-0.1, -0.05) is 0 Å². The Labute approximate surface area is 116 Å². The van der Waals surface area contributed by atoms with Gasteiger partial charge in [0, 0.05) is 5.69 Å². The minimum Gasteiger partial charge on any atom is -0.478 e. The fraction of sp³-hybridized carbons (Fsp3) is 0.0714. The van der Waals surface area contributed by atoms with Gasteiger partial charge < -0.3 is 10.4 Å². The van der Waals surface area contributed by atoms with Crippen molar-refractivity contribution in [2.75, 3.05) is 5.32 Å². The summed E-state index contributed by atoms with van der Waals surface area (Å²) in [5.74, 6) is -1.97. The number of carboxylic acid groups (broad SMARTS) is 1. The van der Waals surface area contributed by atoms with Crippen LogP contribution in [0.3, 0.4) is 0 Å². The summed E-state index contributed by atoms with van der Waals surface area (Å²) < 4.78 is 50.5. The second-order valence-corrected chi connectivity index (χ2v) is 4.20. The molecule has 7 heteroatoms. The molecule has 0 heterocycles. The van der Waals surface area contributed by atoms with Gasteiger partial charge in [0.2, 0.25) is 0 Å². The van der Waals surface area contributed by atoms with E-state index in [9.17, 15) is 22.4 Å². The average Bonchev–Trinajstić information content (AvgIpc) is 2.40. The van der Waals surface area contributed by atoms with Crippen LogP contribution in [0.5, 0.6) is 0 Å². The molecule has 3 nitrogen and oxygen atoms in total. The van der Waals surface area contributed by atoms with Crippen LogP contribution in [-0.4, -0.2) is 11.1 Å². The fourth-order valence-corrected chi connectivity index (χ4v) is 1.70. The summed E-state index contributed by atoms with van der Waals surface area (Å²) in [5.41, 5.74) is -1.22. The Morgan fingerprint density at radius 1 is 1.05 bits per heavy atom. The first-order chi connectivity index (χ1) is 9.77. The summed E-state index contributed by atoms with van der Waals surface area (Å²) >= 11 is 0. The molecule has 0 unspecified atom stereocenters. The van der Waals surface area contributed by atoms with Crippen LogP contribution in [0.1, 0.15) is 15.9 Å². The first-order valence-electron chi connectivity index (χ1n) is 5.74. The maximum atomic E-state index is 12.8. The number of rotatable bonds is 3. The number of carbonyl (C=O) groups is 1. The first kappa shape index (κ1) is 14.8. The van der Waals surface area contributed by atoms with Gasteiger partial charge in [0.25, 0.3) is 0 Å². The highest BCUT2D eigenvalue weighted by molar-refractivity contribution is 5.95. The third-order valence-electron chi connectivity index (χ3n) is 2.70. The number of carboxylic acids is 1. The number of anilines is 2. The normalized spacial score (nSPS) is 11.2. The molecule has 0 aromatic heterocycles. The van der Waals surface area contributed by atoms with Gasteiger partial charge in [-0.3, -0.25) is 0 Å². The van der Waals surface area contributed by atoms with Crippen molar-refractivity contribution in [1.82, 2.24) is 0 Å². The second kappa shape index (κ2) is 5.43. The van der Waals surface area contributed by atoms with Crippen LogP contribution in [0.25, 0.3) is 0 Å². The summed E-state index contributed by atoms with van der Waals surface area (Å²) in [4.78, 5) is 11.1. The molecule has 0 spiro atoms. The maximum Gasteiger partial charge on any atom is 0.416 e. The molecule has 0 saturated heterocycles. The molecule has 0 radical (unpaired) electrons. The molecule has 0 bridgehead atoms. The predicted octanol–water partition coefficient (Wildman–Crippen LogP) is 4.29. The number of halogens is 4. The number of hydrogen-bond donors (Lipinski definition) is 2. The highest BCUT2D eigenvalue weighted by Crippen LogP contribution is 2.32. The van der Waals surface area contributed by atoms with Crippen molar-refractivity contribution in [3.8, 4) is 0 Å². The molecule has 2 rings (SSSR count). The Bertz CT molecular complexity index is 666. The fourth-order valence-electron chi connectivity index (χ4n) is 1.70. The second-order valence-electron chi connectivity index (χ2n) is 4.20. The van der Waals surface area contributed by atoms with Gasteiger partial charge in [-0.2, -0.15) is 13.2 Å². The molecule has 21 heavy (non-hydrogen) atoms. The molecule has 0 saturated carbocycles.